The van der Waals surface area contributed by atoms with Crippen molar-refractivity contribution in [1.82, 2.24) is 19.5 Å². The third kappa shape index (κ3) is 6.71. The number of hydrogen-bond donors (Lipinski definition) is 0. The first-order valence-electron chi connectivity index (χ1n) is 19.1. The summed E-state index contributed by atoms with van der Waals surface area (Å²) >= 11 is 0. The number of benzene rings is 4. The molecule has 4 aromatic carbocycles. The van der Waals surface area contributed by atoms with Crippen LogP contribution in [0.25, 0.3) is 27.6 Å². The molecular weight excluding hydrogens is 861 g/mol. The molecule has 0 aliphatic heterocycles. The molecule has 8 aromatic rings. The van der Waals surface area contributed by atoms with E-state index in [0.29, 0.717) is 0 Å². The molecule has 8 rings (SSSR count). The average Bonchev–Trinajstić information content (AvgIpc) is 3.54. The predicted octanol–water partition coefficient (Wildman–Crippen LogP) is 11.7. The van der Waals surface area contributed by atoms with Crippen LogP contribution >= 0.6 is 0 Å². The largest absolute Gasteiger partial charge is 3.00 e. The van der Waals surface area contributed by atoms with E-state index in [9.17, 15) is 0 Å². The minimum absolute atomic E-state index is 0. The van der Waals surface area contributed by atoms with Gasteiger partial charge in [-0.05, 0) is 83.7 Å². The second-order valence-electron chi connectivity index (χ2n) is 17.0. The third-order valence-electron chi connectivity index (χ3n) is 11.4. The molecule has 4 heterocycles. The summed E-state index contributed by atoms with van der Waals surface area (Å²) in [7, 11) is 0. The van der Waals surface area contributed by atoms with E-state index in [1.807, 2.05) is 36.7 Å². The number of pyridine rings is 3. The monoisotopic (exact) mass is 908 g/mol. The van der Waals surface area contributed by atoms with E-state index in [0.717, 1.165) is 61.4 Å². The fraction of sp³-hybridized carbons (Fsp3) is 0.235. The number of nitrogens with zero attached hydrogens (tertiary/aromatic N) is 4. The minimum atomic E-state index is -0.683. The quantitative estimate of drug-likeness (QED) is 0.150. The summed E-state index contributed by atoms with van der Waals surface area (Å²) < 4.78 is 2.26. The molecule has 4 aromatic heterocycles. The Labute approximate surface area is 345 Å². The van der Waals surface area contributed by atoms with Gasteiger partial charge in [0, 0.05) is 23.3 Å². The number of hydrogen-bond acceptors (Lipinski definition) is 3. The van der Waals surface area contributed by atoms with Crippen LogP contribution in [-0.2, 0) is 41.8 Å². The van der Waals surface area contributed by atoms with E-state index >= 15 is 0 Å². The molecule has 5 heteroatoms. The van der Waals surface area contributed by atoms with Crippen LogP contribution in [0.15, 0.2) is 140 Å². The van der Waals surface area contributed by atoms with Crippen molar-refractivity contribution < 1.29 is 20.1 Å². The molecule has 0 N–H and O–H groups in total. The van der Waals surface area contributed by atoms with Gasteiger partial charge in [-0.25, -0.2) is 4.98 Å². The molecule has 2 atom stereocenters. The Morgan fingerprint density at radius 1 is 0.500 bits per heavy atom. The number of rotatable bonds is 7. The van der Waals surface area contributed by atoms with Crippen molar-refractivity contribution in [3.63, 3.8) is 0 Å². The normalized spacial score (nSPS) is 14.2. The summed E-state index contributed by atoms with van der Waals surface area (Å²) in [5.74, 6) is 0.812. The Balaban J connectivity index is 0.00000480. The van der Waals surface area contributed by atoms with Gasteiger partial charge in [0.25, 0.3) is 0 Å². The molecule has 0 bridgehead atoms. The summed E-state index contributed by atoms with van der Waals surface area (Å²) in [5.41, 5.74) is 8.91. The van der Waals surface area contributed by atoms with Crippen molar-refractivity contribution >= 4 is 21.8 Å². The van der Waals surface area contributed by atoms with E-state index in [-0.39, 0.29) is 30.9 Å². The van der Waals surface area contributed by atoms with Crippen molar-refractivity contribution in [3.8, 4) is 5.82 Å². The molecule has 0 fully saturated rings. The average molecular weight is 908 g/mol. The van der Waals surface area contributed by atoms with Gasteiger partial charge in [0.2, 0.25) is 0 Å². The number of fused-ring (bicyclic) bond motifs is 3. The van der Waals surface area contributed by atoms with Crippen LogP contribution in [0.1, 0.15) is 100 Å². The zero-order chi connectivity index (χ0) is 38.6. The van der Waals surface area contributed by atoms with Crippen LogP contribution in [0.5, 0.6) is 0 Å². The van der Waals surface area contributed by atoms with E-state index in [2.05, 4.69) is 181 Å². The molecule has 0 saturated carbocycles. The Bertz CT molecular complexity index is 2650. The van der Waals surface area contributed by atoms with Gasteiger partial charge in [0.05, 0.1) is 22.5 Å². The Kier molecular flexibility index (Phi) is 10.2. The van der Waals surface area contributed by atoms with Gasteiger partial charge in [0.15, 0.2) is 0 Å². The van der Waals surface area contributed by atoms with Gasteiger partial charge < -0.3 is 4.57 Å². The summed E-state index contributed by atoms with van der Waals surface area (Å²) in [4.78, 5) is 15.6. The van der Waals surface area contributed by atoms with Gasteiger partial charge in [-0.3, -0.25) is 9.97 Å². The SMILES string of the molecule is CC(C)(C)c1ccnc(C(C)(c2[c-]cccc2)c2[c-]c3c(cc2)c2ccccc2n3-c2cccc([C@](C)(c3[c-]cccc3)c3cc(C(C)(C)C)ccn3)n2)c1.[Ir+3]. The van der Waals surface area contributed by atoms with Crippen LogP contribution < -0.4 is 0 Å². The number of aromatic nitrogens is 4. The fourth-order valence-electron chi connectivity index (χ4n) is 7.83. The molecule has 0 spiro atoms. The van der Waals surface area contributed by atoms with Crippen molar-refractivity contribution in [2.75, 3.05) is 0 Å². The van der Waals surface area contributed by atoms with Crippen LogP contribution in [-0.4, -0.2) is 19.5 Å². The Morgan fingerprint density at radius 2 is 1.07 bits per heavy atom. The molecule has 0 amide bonds. The van der Waals surface area contributed by atoms with Crippen LogP contribution in [0.4, 0.5) is 0 Å². The maximum Gasteiger partial charge on any atom is 3.00 e. The first-order valence-corrected chi connectivity index (χ1v) is 19.1. The maximum absolute atomic E-state index is 5.54. The molecular formula is C51H47IrN4. The topological polar surface area (TPSA) is 43.6 Å². The van der Waals surface area contributed by atoms with Crippen LogP contribution in [0.3, 0.4) is 0 Å². The molecule has 4 nitrogen and oxygen atoms in total. The summed E-state index contributed by atoms with van der Waals surface area (Å²) in [6, 6.07) is 55.6. The second kappa shape index (κ2) is 14.7. The van der Waals surface area contributed by atoms with Gasteiger partial charge in [-0.2, -0.15) is 78.9 Å². The Hall–Kier alpha value is -5.22. The second-order valence-corrected chi connectivity index (χ2v) is 17.0. The smallest absolute Gasteiger partial charge is 0.319 e. The summed E-state index contributed by atoms with van der Waals surface area (Å²) in [6.45, 7) is 17.9. The van der Waals surface area contributed by atoms with Crippen molar-refractivity contribution in [3.05, 3.63) is 203 Å². The van der Waals surface area contributed by atoms with Crippen LogP contribution in [0, 0.1) is 18.2 Å². The van der Waals surface area contributed by atoms with Gasteiger partial charge in [-0.1, -0.05) is 71.3 Å². The van der Waals surface area contributed by atoms with Crippen LogP contribution in [0.2, 0.25) is 0 Å². The number of para-hydroxylation sites is 1. The summed E-state index contributed by atoms with van der Waals surface area (Å²) in [6.07, 6.45) is 3.87. The molecule has 0 radical (unpaired) electrons. The van der Waals surface area contributed by atoms with Gasteiger partial charge >= 0.3 is 20.1 Å². The first-order chi connectivity index (χ1) is 26.3. The van der Waals surface area contributed by atoms with Crippen molar-refractivity contribution in [1.29, 1.82) is 0 Å². The molecule has 280 valence electrons. The predicted molar refractivity (Wildman–Crippen MR) is 225 cm³/mol. The molecule has 0 saturated heterocycles. The van der Waals surface area contributed by atoms with Crippen molar-refractivity contribution in [2.24, 2.45) is 0 Å². The first kappa shape index (κ1) is 39.0. The van der Waals surface area contributed by atoms with E-state index in [4.69, 9.17) is 15.0 Å². The summed E-state index contributed by atoms with van der Waals surface area (Å²) in [5, 5.41) is 2.26. The van der Waals surface area contributed by atoms with Crippen molar-refractivity contribution in [2.45, 2.75) is 77.0 Å². The molecule has 0 aliphatic carbocycles. The Morgan fingerprint density at radius 3 is 1.66 bits per heavy atom. The van der Waals surface area contributed by atoms with E-state index in [1.165, 1.54) is 11.1 Å². The fourth-order valence-corrected chi connectivity index (χ4v) is 7.83. The minimum Gasteiger partial charge on any atom is -0.319 e. The molecule has 0 aliphatic rings. The zero-order valence-electron chi connectivity index (χ0n) is 33.4. The van der Waals surface area contributed by atoms with E-state index < -0.39 is 10.8 Å². The zero-order valence-corrected chi connectivity index (χ0v) is 35.8. The molecule has 56 heavy (non-hydrogen) atoms. The van der Waals surface area contributed by atoms with Gasteiger partial charge in [-0.15, -0.1) is 22.1 Å². The standard InChI is InChI=1S/C51H47N4.Ir/c1-48(2,3)37-28-30-52-45(33-37)50(7,35-18-11-9-12-19-35)39-26-27-41-40-22-15-16-23-42(40)55(43(41)32-39)47-25-17-24-44(54-47)51(8,36-20-13-10-14-21-36)46-34-38(29-31-53-46)49(4,5)6;/h9-18,20,22-31,33-34H,1-8H3;/q-3;+3/t50?,51-;/m0./s1. The van der Waals surface area contributed by atoms with E-state index in [1.54, 1.807) is 0 Å². The third-order valence-corrected chi connectivity index (χ3v) is 11.4. The maximum atomic E-state index is 5.54. The molecule has 1 unspecified atom stereocenters. The van der Waals surface area contributed by atoms with Gasteiger partial charge in [0.1, 0.15) is 5.82 Å².